The molecule has 0 saturated carbocycles. The summed E-state index contributed by atoms with van der Waals surface area (Å²) in [5.41, 5.74) is 1.71. The smallest absolute Gasteiger partial charge is 0.257 e. The quantitative estimate of drug-likeness (QED) is 0.655. The van der Waals surface area contributed by atoms with Gasteiger partial charge < -0.3 is 4.42 Å². The van der Waals surface area contributed by atoms with Crippen LogP contribution >= 0.6 is 11.6 Å². The third-order valence-corrected chi connectivity index (χ3v) is 7.80. The van der Waals surface area contributed by atoms with E-state index in [2.05, 4.69) is 5.10 Å². The van der Waals surface area contributed by atoms with Crippen molar-refractivity contribution in [3.8, 4) is 0 Å². The minimum atomic E-state index is -3.20. The third-order valence-electron chi connectivity index (χ3n) is 5.66. The molecule has 3 heterocycles. The van der Waals surface area contributed by atoms with Gasteiger partial charge in [0.05, 0.1) is 24.3 Å². The lowest BCUT2D eigenvalue weighted by Gasteiger charge is -2.34. The number of rotatable bonds is 6. The number of piperazine rings is 1. The summed E-state index contributed by atoms with van der Waals surface area (Å²) in [7, 11) is -3.20. The van der Waals surface area contributed by atoms with Crippen molar-refractivity contribution in [3.05, 3.63) is 59.0 Å². The van der Waals surface area contributed by atoms with Crippen LogP contribution in [-0.4, -0.2) is 72.7 Å². The second-order valence-electron chi connectivity index (χ2n) is 7.60. The number of sulfonamides is 1. The molecular formula is C21H25ClN4O4S. The number of carbonyl (C=O) groups is 1. The maximum absolute atomic E-state index is 13.2. The summed E-state index contributed by atoms with van der Waals surface area (Å²) in [4.78, 5) is 15.1. The zero-order valence-electron chi connectivity index (χ0n) is 17.3. The molecule has 0 radical (unpaired) electrons. The van der Waals surface area contributed by atoms with Crippen molar-refractivity contribution >= 4 is 33.2 Å². The van der Waals surface area contributed by atoms with Gasteiger partial charge >= 0.3 is 0 Å². The zero-order valence-corrected chi connectivity index (χ0v) is 18.8. The van der Waals surface area contributed by atoms with E-state index in [-0.39, 0.29) is 24.2 Å². The molecule has 1 aromatic heterocycles. The first kappa shape index (κ1) is 22.0. The Balaban J connectivity index is 1.47. The van der Waals surface area contributed by atoms with E-state index in [1.54, 1.807) is 31.4 Å². The van der Waals surface area contributed by atoms with E-state index in [1.165, 1.54) is 9.31 Å². The maximum Gasteiger partial charge on any atom is 0.257 e. The van der Waals surface area contributed by atoms with E-state index in [9.17, 15) is 13.2 Å². The molecule has 2 aliphatic heterocycles. The topological polar surface area (TPSA) is 86.4 Å². The standard InChI is InChI=1S/C21H25ClN4O4S/c1-2-31(28,29)25-11-9-24(10-12-25)15-21(27)26-19(20-4-3-13-30-20)14-18(23-26)16-5-7-17(22)8-6-16/h3-8,13,19H,2,9-12,14-15H2,1H3. The summed E-state index contributed by atoms with van der Waals surface area (Å²) in [5, 5.41) is 6.76. The minimum Gasteiger partial charge on any atom is -0.467 e. The fourth-order valence-corrected chi connectivity index (χ4v) is 5.08. The number of carbonyl (C=O) groups excluding carboxylic acids is 1. The Morgan fingerprint density at radius 2 is 1.87 bits per heavy atom. The normalized spacial score (nSPS) is 20.8. The first-order valence-corrected chi connectivity index (χ1v) is 12.2. The highest BCUT2D eigenvalue weighted by atomic mass is 35.5. The summed E-state index contributed by atoms with van der Waals surface area (Å²) in [5.74, 6) is 0.629. The number of halogens is 1. The molecule has 31 heavy (non-hydrogen) atoms. The second kappa shape index (κ2) is 9.12. The van der Waals surface area contributed by atoms with E-state index in [4.69, 9.17) is 16.0 Å². The molecule has 2 aliphatic rings. The Hall–Kier alpha value is -2.20. The van der Waals surface area contributed by atoms with Crippen molar-refractivity contribution in [2.45, 2.75) is 19.4 Å². The third kappa shape index (κ3) is 4.85. The molecule has 0 bridgehead atoms. The molecule has 10 heteroatoms. The van der Waals surface area contributed by atoms with Gasteiger partial charge in [0.2, 0.25) is 10.0 Å². The fourth-order valence-electron chi connectivity index (χ4n) is 3.87. The Morgan fingerprint density at radius 1 is 1.16 bits per heavy atom. The Bertz CT molecular complexity index is 1050. The van der Waals surface area contributed by atoms with Crippen LogP contribution in [0, 0.1) is 0 Å². The van der Waals surface area contributed by atoms with Gasteiger partial charge in [0.1, 0.15) is 11.8 Å². The van der Waals surface area contributed by atoms with Crippen molar-refractivity contribution in [3.63, 3.8) is 0 Å². The van der Waals surface area contributed by atoms with Crippen molar-refractivity contribution < 1.29 is 17.6 Å². The molecule has 166 valence electrons. The summed E-state index contributed by atoms with van der Waals surface area (Å²) in [6, 6.07) is 10.7. The van der Waals surface area contributed by atoms with Crippen LogP contribution in [0.25, 0.3) is 0 Å². The second-order valence-corrected chi connectivity index (χ2v) is 10.3. The predicted octanol–water partition coefficient (Wildman–Crippen LogP) is 2.58. The van der Waals surface area contributed by atoms with E-state index in [1.807, 2.05) is 23.1 Å². The van der Waals surface area contributed by atoms with E-state index >= 15 is 0 Å². The molecule has 4 rings (SSSR count). The fraction of sp³-hybridized carbons (Fsp3) is 0.429. The van der Waals surface area contributed by atoms with E-state index in [0.29, 0.717) is 43.4 Å². The van der Waals surface area contributed by atoms with Crippen LogP contribution in [-0.2, 0) is 14.8 Å². The number of hydrogen-bond donors (Lipinski definition) is 0. The Labute approximate surface area is 187 Å². The summed E-state index contributed by atoms with van der Waals surface area (Å²) < 4.78 is 31.2. The number of amides is 1. The van der Waals surface area contributed by atoms with Crippen LogP contribution in [0.15, 0.2) is 52.2 Å². The van der Waals surface area contributed by atoms with Crippen molar-refractivity contribution in [2.75, 3.05) is 38.5 Å². The number of benzene rings is 1. The van der Waals surface area contributed by atoms with Gasteiger partial charge in [0.15, 0.2) is 0 Å². The molecule has 1 amide bonds. The lowest BCUT2D eigenvalue weighted by molar-refractivity contribution is -0.134. The molecule has 1 fully saturated rings. The highest BCUT2D eigenvalue weighted by Crippen LogP contribution is 2.33. The molecule has 1 atom stereocenters. The van der Waals surface area contributed by atoms with Gasteiger partial charge in [-0.1, -0.05) is 23.7 Å². The highest BCUT2D eigenvalue weighted by molar-refractivity contribution is 7.89. The van der Waals surface area contributed by atoms with E-state index in [0.717, 1.165) is 11.3 Å². The Morgan fingerprint density at radius 3 is 2.48 bits per heavy atom. The maximum atomic E-state index is 13.2. The van der Waals surface area contributed by atoms with Crippen molar-refractivity contribution in [2.24, 2.45) is 5.10 Å². The SMILES string of the molecule is CCS(=O)(=O)N1CCN(CC(=O)N2N=C(c3ccc(Cl)cc3)CC2c2ccco2)CC1. The van der Waals surface area contributed by atoms with Gasteiger partial charge in [0.25, 0.3) is 5.91 Å². The van der Waals surface area contributed by atoms with Gasteiger partial charge in [-0.15, -0.1) is 0 Å². The summed E-state index contributed by atoms with van der Waals surface area (Å²) >= 11 is 6.00. The zero-order chi connectivity index (χ0) is 22.0. The van der Waals surface area contributed by atoms with Gasteiger partial charge in [-0.3, -0.25) is 9.69 Å². The number of hydrogen-bond acceptors (Lipinski definition) is 6. The van der Waals surface area contributed by atoms with Gasteiger partial charge in [-0.2, -0.15) is 9.41 Å². The van der Waals surface area contributed by atoms with Crippen LogP contribution in [0.3, 0.4) is 0 Å². The molecule has 1 aromatic carbocycles. The molecule has 1 saturated heterocycles. The summed E-state index contributed by atoms with van der Waals surface area (Å²) in [6.45, 7) is 3.63. The summed E-state index contributed by atoms with van der Waals surface area (Å²) in [6.07, 6.45) is 2.13. The van der Waals surface area contributed by atoms with Gasteiger partial charge in [-0.05, 0) is 36.8 Å². The largest absolute Gasteiger partial charge is 0.467 e. The number of hydrazone groups is 1. The highest BCUT2D eigenvalue weighted by Gasteiger charge is 2.36. The first-order chi connectivity index (χ1) is 14.9. The van der Waals surface area contributed by atoms with Gasteiger partial charge in [-0.25, -0.2) is 13.4 Å². The molecule has 8 nitrogen and oxygen atoms in total. The predicted molar refractivity (Wildman–Crippen MR) is 118 cm³/mol. The van der Waals surface area contributed by atoms with Crippen molar-refractivity contribution in [1.82, 2.24) is 14.2 Å². The van der Waals surface area contributed by atoms with E-state index < -0.39 is 10.0 Å². The lowest BCUT2D eigenvalue weighted by Crippen LogP contribution is -2.51. The average Bonchev–Trinajstić information content (AvgIpc) is 3.45. The monoisotopic (exact) mass is 464 g/mol. The molecule has 0 aliphatic carbocycles. The van der Waals surface area contributed by atoms with Crippen LogP contribution in [0.5, 0.6) is 0 Å². The van der Waals surface area contributed by atoms with Crippen LogP contribution in [0.1, 0.15) is 30.7 Å². The van der Waals surface area contributed by atoms with Gasteiger partial charge in [0, 0.05) is 37.6 Å². The molecule has 1 unspecified atom stereocenters. The molecule has 2 aromatic rings. The van der Waals surface area contributed by atoms with Crippen LogP contribution in [0.4, 0.5) is 0 Å². The Kier molecular flexibility index (Phi) is 6.47. The molecule has 0 N–H and O–H groups in total. The molecule has 0 spiro atoms. The number of furan rings is 1. The molecular weight excluding hydrogens is 440 g/mol. The minimum absolute atomic E-state index is 0.0900. The average molecular weight is 465 g/mol. The van der Waals surface area contributed by atoms with Crippen molar-refractivity contribution in [1.29, 1.82) is 0 Å². The van der Waals surface area contributed by atoms with Crippen LogP contribution < -0.4 is 0 Å². The number of nitrogens with zero attached hydrogens (tertiary/aromatic N) is 4. The van der Waals surface area contributed by atoms with Crippen LogP contribution in [0.2, 0.25) is 5.02 Å². The first-order valence-electron chi connectivity index (χ1n) is 10.3. The lowest BCUT2D eigenvalue weighted by atomic mass is 10.0.